The zero-order chi connectivity index (χ0) is 13.8. The van der Waals surface area contributed by atoms with Gasteiger partial charge in [0.25, 0.3) is 5.56 Å². The van der Waals surface area contributed by atoms with Crippen LogP contribution >= 0.6 is 8.38 Å². The molecule has 19 heavy (non-hydrogen) atoms. The maximum atomic E-state index is 11.6. The Kier molecular flexibility index (Phi) is 4.87. The van der Waals surface area contributed by atoms with E-state index in [1.807, 2.05) is 0 Å². The summed E-state index contributed by atoms with van der Waals surface area (Å²) in [5, 5.41) is 0. The van der Waals surface area contributed by atoms with Gasteiger partial charge in [0.15, 0.2) is 8.38 Å². The third-order valence-electron chi connectivity index (χ3n) is 3.13. The normalized spacial score (nSPS) is 23.1. The molecule has 1 aliphatic rings. The monoisotopic (exact) mass is 288 g/mol. The maximum Gasteiger partial charge on any atom is 0.330 e. The fourth-order valence-corrected chi connectivity index (χ4v) is 2.68. The van der Waals surface area contributed by atoms with E-state index in [0.717, 1.165) is 12.8 Å². The van der Waals surface area contributed by atoms with Gasteiger partial charge in [0, 0.05) is 18.4 Å². The van der Waals surface area contributed by atoms with Crippen LogP contribution in [0.3, 0.4) is 0 Å². The van der Waals surface area contributed by atoms with E-state index in [2.05, 4.69) is 4.98 Å². The third kappa shape index (κ3) is 3.98. The fourth-order valence-electron chi connectivity index (χ4n) is 2.22. The summed E-state index contributed by atoms with van der Waals surface area (Å²) < 4.78 is 7.12. The van der Waals surface area contributed by atoms with E-state index in [1.165, 1.54) is 16.8 Å². The Morgan fingerprint density at radius 1 is 1.42 bits per heavy atom. The minimum absolute atomic E-state index is 0.0266. The van der Waals surface area contributed by atoms with Gasteiger partial charge >= 0.3 is 5.69 Å². The summed E-state index contributed by atoms with van der Waals surface area (Å²) in [5.41, 5.74) is -0.887. The first kappa shape index (κ1) is 14.4. The molecular formula is C11H17N2O5P. The van der Waals surface area contributed by atoms with Crippen molar-refractivity contribution in [1.29, 1.82) is 0 Å². The summed E-state index contributed by atoms with van der Waals surface area (Å²) in [6, 6.07) is 1.29. The van der Waals surface area contributed by atoms with Crippen molar-refractivity contribution >= 4 is 8.38 Å². The molecule has 0 aliphatic carbocycles. The van der Waals surface area contributed by atoms with Gasteiger partial charge in [0.05, 0.1) is 6.10 Å². The SMILES string of the molecule is O=c1ccn(C2CCC(CCCP(O)O)O2)c(=O)[nH]1. The van der Waals surface area contributed by atoms with Crippen molar-refractivity contribution in [2.75, 3.05) is 6.16 Å². The van der Waals surface area contributed by atoms with Crippen LogP contribution in [0.1, 0.15) is 31.9 Å². The lowest BCUT2D eigenvalue weighted by Crippen LogP contribution is -2.31. The van der Waals surface area contributed by atoms with Crippen molar-refractivity contribution < 1.29 is 14.5 Å². The standard InChI is InChI=1S/C11H17N2O5P/c14-9-5-6-13(11(15)12-9)10-4-3-8(18-10)2-1-7-19(16)17/h5-6,8,10,16-17H,1-4,7H2,(H,12,14,15). The second-order valence-electron chi connectivity index (χ2n) is 4.55. The first-order valence-corrected chi connectivity index (χ1v) is 7.62. The zero-order valence-corrected chi connectivity index (χ0v) is 11.3. The number of hydrogen-bond donors (Lipinski definition) is 3. The molecule has 0 amide bonds. The smallest absolute Gasteiger partial charge is 0.330 e. The van der Waals surface area contributed by atoms with Gasteiger partial charge < -0.3 is 14.5 Å². The Labute approximate surface area is 110 Å². The molecule has 2 rings (SSSR count). The summed E-state index contributed by atoms with van der Waals surface area (Å²) in [6.45, 7) is 0. The first-order chi connectivity index (χ1) is 9.06. The Morgan fingerprint density at radius 3 is 2.89 bits per heavy atom. The second-order valence-corrected chi connectivity index (χ2v) is 5.74. The van der Waals surface area contributed by atoms with E-state index in [4.69, 9.17) is 14.5 Å². The lowest BCUT2D eigenvalue weighted by molar-refractivity contribution is -0.00431. The van der Waals surface area contributed by atoms with Crippen LogP contribution < -0.4 is 11.2 Å². The van der Waals surface area contributed by atoms with Crippen LogP contribution in [-0.4, -0.2) is 31.6 Å². The van der Waals surface area contributed by atoms with E-state index in [-0.39, 0.29) is 12.3 Å². The predicted octanol–water partition coefficient (Wildman–Crippen LogP) is 0.291. The topological polar surface area (TPSA) is 105 Å². The summed E-state index contributed by atoms with van der Waals surface area (Å²) in [5.74, 6) is 0. The fraction of sp³-hybridized carbons (Fsp3) is 0.636. The van der Waals surface area contributed by atoms with E-state index in [9.17, 15) is 9.59 Å². The van der Waals surface area contributed by atoms with Crippen LogP contribution in [0.15, 0.2) is 21.9 Å². The average molecular weight is 288 g/mol. The summed E-state index contributed by atoms with van der Waals surface area (Å²) in [7, 11) is -1.83. The highest BCUT2D eigenvalue weighted by molar-refractivity contribution is 7.45. The number of aromatic nitrogens is 2. The quantitative estimate of drug-likeness (QED) is 0.675. The average Bonchev–Trinajstić information content (AvgIpc) is 2.77. The molecule has 0 bridgehead atoms. The van der Waals surface area contributed by atoms with Crippen LogP contribution in [0.2, 0.25) is 0 Å². The molecule has 7 nitrogen and oxygen atoms in total. The molecule has 0 radical (unpaired) electrons. The minimum atomic E-state index is -1.83. The van der Waals surface area contributed by atoms with Crippen LogP contribution in [0.25, 0.3) is 0 Å². The zero-order valence-electron chi connectivity index (χ0n) is 10.4. The largest absolute Gasteiger partial charge is 0.355 e. The number of nitrogens with zero attached hydrogens (tertiary/aromatic N) is 1. The van der Waals surface area contributed by atoms with Gasteiger partial charge in [-0.3, -0.25) is 14.3 Å². The summed E-state index contributed by atoms with van der Waals surface area (Å²) in [6.07, 6.45) is 4.48. The highest BCUT2D eigenvalue weighted by atomic mass is 31.2. The maximum absolute atomic E-state index is 11.6. The number of H-pyrrole nitrogens is 1. The second kappa shape index (κ2) is 6.43. The molecule has 0 saturated carbocycles. The third-order valence-corrected chi connectivity index (χ3v) is 3.85. The minimum Gasteiger partial charge on any atom is -0.355 e. The van der Waals surface area contributed by atoms with Crippen molar-refractivity contribution in [3.05, 3.63) is 33.1 Å². The van der Waals surface area contributed by atoms with Crippen LogP contribution in [0.4, 0.5) is 0 Å². The van der Waals surface area contributed by atoms with Crippen molar-refractivity contribution in [2.45, 2.75) is 38.0 Å². The molecular weight excluding hydrogens is 271 g/mol. The molecule has 2 unspecified atom stereocenters. The van der Waals surface area contributed by atoms with Gasteiger partial charge in [-0.05, 0) is 25.7 Å². The summed E-state index contributed by atoms with van der Waals surface area (Å²) in [4.78, 5) is 42.4. The number of hydrogen-bond acceptors (Lipinski definition) is 5. The van der Waals surface area contributed by atoms with Crippen LogP contribution in [-0.2, 0) is 4.74 Å². The van der Waals surface area contributed by atoms with Gasteiger partial charge in [-0.15, -0.1) is 0 Å². The van der Waals surface area contributed by atoms with Crippen molar-refractivity contribution in [3.8, 4) is 0 Å². The molecule has 2 atom stereocenters. The Hall–Kier alpha value is -1.01. The van der Waals surface area contributed by atoms with Gasteiger partial charge in [-0.2, -0.15) is 0 Å². The molecule has 106 valence electrons. The Bertz CT molecular complexity index is 526. The van der Waals surface area contributed by atoms with Gasteiger partial charge in [0.1, 0.15) is 6.23 Å². The molecule has 0 aromatic carbocycles. The molecule has 3 N–H and O–H groups in total. The molecule has 0 spiro atoms. The number of aromatic amines is 1. The van der Waals surface area contributed by atoms with E-state index >= 15 is 0 Å². The lowest BCUT2D eigenvalue weighted by atomic mass is 10.1. The highest BCUT2D eigenvalue weighted by Crippen LogP contribution is 2.31. The molecule has 1 aromatic rings. The van der Waals surface area contributed by atoms with Crippen LogP contribution in [0, 0.1) is 0 Å². The Balaban J connectivity index is 1.91. The summed E-state index contributed by atoms with van der Waals surface area (Å²) >= 11 is 0. The number of nitrogens with one attached hydrogen (secondary N) is 1. The first-order valence-electron chi connectivity index (χ1n) is 6.18. The number of rotatable bonds is 5. The van der Waals surface area contributed by atoms with Gasteiger partial charge in [-0.25, -0.2) is 4.79 Å². The van der Waals surface area contributed by atoms with Crippen LogP contribution in [0.5, 0.6) is 0 Å². The molecule has 1 fully saturated rings. The molecule has 1 aromatic heterocycles. The van der Waals surface area contributed by atoms with E-state index < -0.39 is 19.6 Å². The van der Waals surface area contributed by atoms with Crippen molar-refractivity contribution in [2.24, 2.45) is 0 Å². The molecule has 2 heterocycles. The lowest BCUT2D eigenvalue weighted by Gasteiger charge is -2.15. The predicted molar refractivity (Wildman–Crippen MR) is 69.9 cm³/mol. The molecule has 8 heteroatoms. The van der Waals surface area contributed by atoms with Crippen molar-refractivity contribution in [1.82, 2.24) is 9.55 Å². The van der Waals surface area contributed by atoms with Gasteiger partial charge in [-0.1, -0.05) is 0 Å². The van der Waals surface area contributed by atoms with E-state index in [0.29, 0.717) is 19.0 Å². The highest BCUT2D eigenvalue weighted by Gasteiger charge is 2.26. The van der Waals surface area contributed by atoms with Crippen molar-refractivity contribution in [3.63, 3.8) is 0 Å². The van der Waals surface area contributed by atoms with Gasteiger partial charge in [0.2, 0.25) is 0 Å². The number of ether oxygens (including phenoxy) is 1. The van der Waals surface area contributed by atoms with E-state index in [1.54, 1.807) is 0 Å². The molecule has 1 saturated heterocycles. The Morgan fingerprint density at radius 2 is 2.21 bits per heavy atom. The molecule has 1 aliphatic heterocycles.